The van der Waals surface area contributed by atoms with Crippen molar-refractivity contribution >= 4 is 5.91 Å². The molecular formula is C8H17N3O. The van der Waals surface area contributed by atoms with Gasteiger partial charge in [-0.05, 0) is 25.4 Å². The van der Waals surface area contributed by atoms with E-state index in [-0.39, 0.29) is 5.91 Å². The molecule has 1 aliphatic rings. The minimum absolute atomic E-state index is 0.0352. The molecule has 0 bridgehead atoms. The van der Waals surface area contributed by atoms with E-state index in [1.807, 2.05) is 0 Å². The number of hydrogen-bond donors (Lipinski definition) is 3. The van der Waals surface area contributed by atoms with Crippen LogP contribution in [0.25, 0.3) is 0 Å². The van der Waals surface area contributed by atoms with Gasteiger partial charge in [0, 0.05) is 19.5 Å². The maximum absolute atomic E-state index is 10.6. The Balaban J connectivity index is 2.15. The standard InChI is InChI=1S/C8H17N3O/c1-6(12)10-5-8-2-7(3-9)4-11-8/h7-8,11H,2-5,9H2,1H3,(H,10,12)/t7-,8+/m1/s1. The molecule has 0 aromatic heterocycles. The normalized spacial score (nSPS) is 28.8. The van der Waals surface area contributed by atoms with Crippen molar-refractivity contribution in [2.75, 3.05) is 19.6 Å². The molecule has 70 valence electrons. The molecule has 1 amide bonds. The van der Waals surface area contributed by atoms with Gasteiger partial charge >= 0.3 is 0 Å². The van der Waals surface area contributed by atoms with Gasteiger partial charge in [-0.15, -0.1) is 0 Å². The molecule has 0 aliphatic carbocycles. The van der Waals surface area contributed by atoms with Gasteiger partial charge in [0.15, 0.2) is 0 Å². The summed E-state index contributed by atoms with van der Waals surface area (Å²) in [7, 11) is 0. The average molecular weight is 171 g/mol. The number of hydrogen-bond acceptors (Lipinski definition) is 3. The molecule has 4 heteroatoms. The summed E-state index contributed by atoms with van der Waals surface area (Å²) in [6.45, 7) is 3.99. The van der Waals surface area contributed by atoms with Crippen LogP contribution in [0.2, 0.25) is 0 Å². The lowest BCUT2D eigenvalue weighted by atomic mass is 10.1. The largest absolute Gasteiger partial charge is 0.355 e. The van der Waals surface area contributed by atoms with Gasteiger partial charge in [-0.3, -0.25) is 4.79 Å². The van der Waals surface area contributed by atoms with Gasteiger partial charge in [0.25, 0.3) is 0 Å². The van der Waals surface area contributed by atoms with E-state index in [0.29, 0.717) is 12.0 Å². The summed E-state index contributed by atoms with van der Waals surface area (Å²) in [5, 5.41) is 6.11. The van der Waals surface area contributed by atoms with Gasteiger partial charge < -0.3 is 16.4 Å². The van der Waals surface area contributed by atoms with Gasteiger partial charge in [-0.1, -0.05) is 0 Å². The summed E-state index contributed by atoms with van der Waals surface area (Å²) in [4.78, 5) is 10.6. The molecule has 0 saturated carbocycles. The third-order valence-electron chi connectivity index (χ3n) is 2.24. The first kappa shape index (κ1) is 9.48. The summed E-state index contributed by atoms with van der Waals surface area (Å²) in [6.07, 6.45) is 1.08. The summed E-state index contributed by atoms with van der Waals surface area (Å²) in [5.41, 5.74) is 5.52. The Bertz CT molecular complexity index is 160. The predicted octanol–water partition coefficient (Wildman–Crippen LogP) is -0.941. The fraction of sp³-hybridized carbons (Fsp3) is 0.875. The highest BCUT2D eigenvalue weighted by atomic mass is 16.1. The van der Waals surface area contributed by atoms with Crippen LogP contribution >= 0.6 is 0 Å². The molecule has 1 fully saturated rings. The summed E-state index contributed by atoms with van der Waals surface area (Å²) >= 11 is 0. The Kier molecular flexibility index (Phi) is 3.49. The smallest absolute Gasteiger partial charge is 0.216 e. The molecule has 1 rings (SSSR count). The first-order valence-electron chi connectivity index (χ1n) is 4.40. The van der Waals surface area contributed by atoms with Crippen molar-refractivity contribution in [3.05, 3.63) is 0 Å². The van der Waals surface area contributed by atoms with E-state index in [1.54, 1.807) is 0 Å². The van der Waals surface area contributed by atoms with Crippen LogP contribution in [-0.4, -0.2) is 31.6 Å². The molecule has 0 aromatic rings. The molecule has 1 heterocycles. The second-order valence-electron chi connectivity index (χ2n) is 3.38. The molecule has 2 atom stereocenters. The Morgan fingerprint density at radius 1 is 1.75 bits per heavy atom. The zero-order valence-electron chi connectivity index (χ0n) is 7.47. The second-order valence-corrected chi connectivity index (χ2v) is 3.38. The quantitative estimate of drug-likeness (QED) is 0.513. The van der Waals surface area contributed by atoms with Crippen LogP contribution in [0.15, 0.2) is 0 Å². The number of nitrogens with one attached hydrogen (secondary N) is 2. The maximum Gasteiger partial charge on any atom is 0.216 e. The predicted molar refractivity (Wildman–Crippen MR) is 47.6 cm³/mol. The molecule has 0 radical (unpaired) electrons. The Morgan fingerprint density at radius 2 is 2.50 bits per heavy atom. The molecule has 4 nitrogen and oxygen atoms in total. The Morgan fingerprint density at radius 3 is 3.00 bits per heavy atom. The summed E-state index contributed by atoms with van der Waals surface area (Å²) in [6, 6.07) is 0.419. The van der Waals surface area contributed by atoms with Gasteiger partial charge in [-0.25, -0.2) is 0 Å². The van der Waals surface area contributed by atoms with Crippen molar-refractivity contribution in [3.8, 4) is 0 Å². The van der Waals surface area contributed by atoms with E-state index >= 15 is 0 Å². The van der Waals surface area contributed by atoms with Gasteiger partial charge in [0.05, 0.1) is 0 Å². The maximum atomic E-state index is 10.6. The molecule has 4 N–H and O–H groups in total. The number of amides is 1. The third-order valence-corrected chi connectivity index (χ3v) is 2.24. The third kappa shape index (κ3) is 2.79. The van der Waals surface area contributed by atoms with Crippen LogP contribution in [0.4, 0.5) is 0 Å². The lowest BCUT2D eigenvalue weighted by Gasteiger charge is -2.09. The van der Waals surface area contributed by atoms with Crippen LogP contribution in [0.5, 0.6) is 0 Å². The molecule has 0 unspecified atom stereocenters. The SMILES string of the molecule is CC(=O)NC[C@@H]1C[C@H](CN)CN1. The van der Waals surface area contributed by atoms with Crippen molar-refractivity contribution in [1.29, 1.82) is 0 Å². The molecule has 0 spiro atoms. The van der Waals surface area contributed by atoms with Crippen LogP contribution < -0.4 is 16.4 Å². The van der Waals surface area contributed by atoms with Gasteiger partial charge in [0.1, 0.15) is 0 Å². The van der Waals surface area contributed by atoms with Crippen LogP contribution in [0.3, 0.4) is 0 Å². The lowest BCUT2D eigenvalue weighted by molar-refractivity contribution is -0.119. The van der Waals surface area contributed by atoms with E-state index in [1.165, 1.54) is 6.92 Å². The van der Waals surface area contributed by atoms with Crippen LogP contribution in [0, 0.1) is 5.92 Å². The molecule has 12 heavy (non-hydrogen) atoms. The molecule has 1 aliphatic heterocycles. The van der Waals surface area contributed by atoms with Gasteiger partial charge in [0.2, 0.25) is 5.91 Å². The zero-order valence-corrected chi connectivity index (χ0v) is 7.47. The number of carbonyl (C=O) groups is 1. The first-order chi connectivity index (χ1) is 5.72. The van der Waals surface area contributed by atoms with Crippen molar-refractivity contribution in [3.63, 3.8) is 0 Å². The van der Waals surface area contributed by atoms with E-state index in [2.05, 4.69) is 10.6 Å². The number of nitrogens with two attached hydrogens (primary N) is 1. The van der Waals surface area contributed by atoms with Crippen molar-refractivity contribution < 1.29 is 4.79 Å². The van der Waals surface area contributed by atoms with E-state index in [0.717, 1.165) is 26.1 Å². The lowest BCUT2D eigenvalue weighted by Crippen LogP contribution is -2.35. The fourth-order valence-electron chi connectivity index (χ4n) is 1.50. The highest BCUT2D eigenvalue weighted by Crippen LogP contribution is 2.11. The minimum atomic E-state index is 0.0352. The zero-order chi connectivity index (χ0) is 8.97. The van der Waals surface area contributed by atoms with E-state index in [9.17, 15) is 4.79 Å². The molecule has 0 aromatic carbocycles. The van der Waals surface area contributed by atoms with Crippen molar-refractivity contribution in [2.45, 2.75) is 19.4 Å². The van der Waals surface area contributed by atoms with Gasteiger partial charge in [-0.2, -0.15) is 0 Å². The summed E-state index contributed by atoms with van der Waals surface area (Å²) in [5.74, 6) is 0.622. The van der Waals surface area contributed by atoms with Crippen LogP contribution in [-0.2, 0) is 4.79 Å². The van der Waals surface area contributed by atoms with Crippen molar-refractivity contribution in [1.82, 2.24) is 10.6 Å². The fourth-order valence-corrected chi connectivity index (χ4v) is 1.50. The van der Waals surface area contributed by atoms with Crippen molar-refractivity contribution in [2.24, 2.45) is 11.7 Å². The first-order valence-corrected chi connectivity index (χ1v) is 4.40. The second kappa shape index (κ2) is 4.42. The number of carbonyl (C=O) groups excluding carboxylic acids is 1. The Labute approximate surface area is 72.9 Å². The topological polar surface area (TPSA) is 67.2 Å². The molecule has 1 saturated heterocycles. The number of rotatable bonds is 3. The summed E-state index contributed by atoms with van der Waals surface area (Å²) < 4.78 is 0. The minimum Gasteiger partial charge on any atom is -0.355 e. The Hall–Kier alpha value is -0.610. The highest BCUT2D eigenvalue weighted by Gasteiger charge is 2.22. The molecular weight excluding hydrogens is 154 g/mol. The average Bonchev–Trinajstić information content (AvgIpc) is 2.48. The highest BCUT2D eigenvalue weighted by molar-refractivity contribution is 5.72. The monoisotopic (exact) mass is 171 g/mol. The van der Waals surface area contributed by atoms with E-state index < -0.39 is 0 Å². The van der Waals surface area contributed by atoms with E-state index in [4.69, 9.17) is 5.73 Å². The van der Waals surface area contributed by atoms with Crippen LogP contribution in [0.1, 0.15) is 13.3 Å².